The first kappa shape index (κ1) is 25.6. The van der Waals surface area contributed by atoms with Crippen LogP contribution in [0.4, 0.5) is 10.1 Å². The van der Waals surface area contributed by atoms with E-state index in [-0.39, 0.29) is 35.6 Å². The van der Waals surface area contributed by atoms with Gasteiger partial charge in [0, 0.05) is 49.5 Å². The topological polar surface area (TPSA) is 79.7 Å². The Labute approximate surface area is 210 Å². The highest BCUT2D eigenvalue weighted by Crippen LogP contribution is 2.27. The molecule has 1 amide bonds. The molecule has 0 unspecified atom stereocenters. The molecule has 0 aliphatic carbocycles. The first-order valence-electron chi connectivity index (χ1n) is 12.3. The van der Waals surface area contributed by atoms with Crippen molar-refractivity contribution in [3.8, 4) is 17.1 Å². The van der Waals surface area contributed by atoms with Crippen LogP contribution in [-0.2, 0) is 11.3 Å². The van der Waals surface area contributed by atoms with Crippen molar-refractivity contribution < 1.29 is 13.9 Å². The molecule has 1 fully saturated rings. The van der Waals surface area contributed by atoms with Crippen LogP contribution in [0, 0.1) is 5.82 Å². The number of piperazine rings is 1. The molecule has 1 N–H and O–H groups in total. The summed E-state index contributed by atoms with van der Waals surface area (Å²) in [6.45, 7) is 11.6. The van der Waals surface area contributed by atoms with Crippen molar-refractivity contribution in [2.45, 2.75) is 46.3 Å². The predicted octanol–water partition coefficient (Wildman–Crippen LogP) is 3.27. The quantitative estimate of drug-likeness (QED) is 0.542. The zero-order valence-corrected chi connectivity index (χ0v) is 21.5. The number of hydrogen-bond acceptors (Lipinski definition) is 6. The number of methoxy groups -OCH3 is 1. The Morgan fingerprint density at radius 3 is 2.44 bits per heavy atom. The second-order valence-electron chi connectivity index (χ2n) is 9.72. The van der Waals surface area contributed by atoms with E-state index in [9.17, 15) is 14.0 Å². The van der Waals surface area contributed by atoms with Gasteiger partial charge in [0.2, 0.25) is 5.91 Å². The van der Waals surface area contributed by atoms with E-state index in [4.69, 9.17) is 9.72 Å². The Morgan fingerprint density at radius 2 is 1.81 bits per heavy atom. The average molecular weight is 496 g/mol. The molecule has 0 radical (unpaired) electrons. The zero-order valence-electron chi connectivity index (χ0n) is 21.5. The number of amides is 1. The summed E-state index contributed by atoms with van der Waals surface area (Å²) in [5.41, 5.74) is 1.64. The number of anilines is 1. The fraction of sp³-hybridized carbons (Fsp3) is 0.444. The molecule has 0 saturated carbocycles. The Bertz CT molecular complexity index is 1310. The number of fused-ring (bicyclic) bond motifs is 1. The molecule has 1 saturated heterocycles. The number of carbonyl (C=O) groups excluding carboxylic acids is 1. The van der Waals surface area contributed by atoms with Crippen LogP contribution in [0.2, 0.25) is 0 Å². The highest BCUT2D eigenvalue weighted by atomic mass is 19.1. The van der Waals surface area contributed by atoms with E-state index in [1.807, 2.05) is 32.0 Å². The molecule has 0 spiro atoms. The number of aromatic nitrogens is 2. The highest BCUT2D eigenvalue weighted by molar-refractivity contribution is 5.85. The van der Waals surface area contributed by atoms with Crippen molar-refractivity contribution >= 4 is 22.5 Å². The number of halogens is 1. The number of benzene rings is 2. The van der Waals surface area contributed by atoms with E-state index in [1.54, 1.807) is 0 Å². The van der Waals surface area contributed by atoms with Crippen LogP contribution in [0.5, 0.6) is 5.75 Å². The SMILES string of the molecule is COc1cc(-c2nc3ccc(N4CCN(C(C)C)CC4)cc3c(=O)n2CC(=O)NC(C)C)ccc1F. The minimum atomic E-state index is -0.518. The summed E-state index contributed by atoms with van der Waals surface area (Å²) < 4.78 is 20.6. The van der Waals surface area contributed by atoms with Gasteiger partial charge in [0.05, 0.1) is 18.0 Å². The molecular weight excluding hydrogens is 461 g/mol. The van der Waals surface area contributed by atoms with Gasteiger partial charge in [-0.25, -0.2) is 9.37 Å². The average Bonchev–Trinajstić information content (AvgIpc) is 2.85. The van der Waals surface area contributed by atoms with Gasteiger partial charge in [0.15, 0.2) is 11.6 Å². The smallest absolute Gasteiger partial charge is 0.262 e. The number of carbonyl (C=O) groups is 1. The second kappa shape index (κ2) is 10.7. The van der Waals surface area contributed by atoms with E-state index >= 15 is 0 Å². The van der Waals surface area contributed by atoms with Crippen LogP contribution < -0.4 is 20.5 Å². The van der Waals surface area contributed by atoms with Crippen molar-refractivity contribution in [2.24, 2.45) is 0 Å². The van der Waals surface area contributed by atoms with Gasteiger partial charge in [0.1, 0.15) is 12.4 Å². The number of nitrogens with one attached hydrogen (secondary N) is 1. The van der Waals surface area contributed by atoms with Crippen LogP contribution in [0.1, 0.15) is 27.7 Å². The summed E-state index contributed by atoms with van der Waals surface area (Å²) >= 11 is 0. The maximum Gasteiger partial charge on any atom is 0.262 e. The lowest BCUT2D eigenvalue weighted by atomic mass is 10.1. The molecule has 9 heteroatoms. The summed E-state index contributed by atoms with van der Waals surface area (Å²) in [6.07, 6.45) is 0. The van der Waals surface area contributed by atoms with E-state index < -0.39 is 5.82 Å². The fourth-order valence-electron chi connectivity index (χ4n) is 4.58. The fourth-order valence-corrected chi connectivity index (χ4v) is 4.58. The van der Waals surface area contributed by atoms with Crippen molar-refractivity contribution in [2.75, 3.05) is 38.2 Å². The van der Waals surface area contributed by atoms with Gasteiger partial charge in [0.25, 0.3) is 5.56 Å². The lowest BCUT2D eigenvalue weighted by Crippen LogP contribution is -2.48. The number of ether oxygens (including phenoxy) is 1. The zero-order chi connectivity index (χ0) is 26.0. The number of hydrogen-bond donors (Lipinski definition) is 1. The molecule has 0 bridgehead atoms. The van der Waals surface area contributed by atoms with Crippen molar-refractivity contribution in [3.05, 3.63) is 52.6 Å². The minimum absolute atomic E-state index is 0.0379. The van der Waals surface area contributed by atoms with Crippen LogP contribution in [0.25, 0.3) is 22.3 Å². The van der Waals surface area contributed by atoms with Gasteiger partial charge < -0.3 is 15.0 Å². The van der Waals surface area contributed by atoms with E-state index in [1.165, 1.54) is 29.9 Å². The monoisotopic (exact) mass is 495 g/mol. The van der Waals surface area contributed by atoms with Gasteiger partial charge in [-0.15, -0.1) is 0 Å². The number of rotatable bonds is 7. The predicted molar refractivity (Wildman–Crippen MR) is 140 cm³/mol. The van der Waals surface area contributed by atoms with Gasteiger partial charge in [-0.3, -0.25) is 19.1 Å². The Morgan fingerprint density at radius 1 is 1.08 bits per heavy atom. The van der Waals surface area contributed by atoms with Gasteiger partial charge >= 0.3 is 0 Å². The Balaban J connectivity index is 1.79. The Hall–Kier alpha value is -3.46. The van der Waals surface area contributed by atoms with Crippen molar-refractivity contribution in [1.82, 2.24) is 19.8 Å². The molecule has 2 heterocycles. The van der Waals surface area contributed by atoms with Crippen LogP contribution >= 0.6 is 0 Å². The molecule has 1 aliphatic heterocycles. The second-order valence-corrected chi connectivity index (χ2v) is 9.72. The normalized spacial score (nSPS) is 14.6. The van der Waals surface area contributed by atoms with Crippen molar-refractivity contribution in [3.63, 3.8) is 0 Å². The third kappa shape index (κ3) is 5.36. The molecule has 3 aromatic rings. The molecule has 36 heavy (non-hydrogen) atoms. The molecular formula is C27H34FN5O3. The summed E-state index contributed by atoms with van der Waals surface area (Å²) in [7, 11) is 1.38. The summed E-state index contributed by atoms with van der Waals surface area (Å²) in [4.78, 5) is 35.9. The van der Waals surface area contributed by atoms with Gasteiger partial charge in [-0.1, -0.05) is 0 Å². The summed E-state index contributed by atoms with van der Waals surface area (Å²) in [5, 5.41) is 3.27. The van der Waals surface area contributed by atoms with Gasteiger partial charge in [-0.2, -0.15) is 0 Å². The number of nitrogens with zero attached hydrogens (tertiary/aromatic N) is 4. The lowest BCUT2D eigenvalue weighted by molar-refractivity contribution is -0.122. The molecule has 0 atom stereocenters. The largest absolute Gasteiger partial charge is 0.494 e. The Kier molecular flexibility index (Phi) is 7.59. The van der Waals surface area contributed by atoms with E-state index in [0.717, 1.165) is 31.9 Å². The molecule has 2 aromatic carbocycles. The van der Waals surface area contributed by atoms with Gasteiger partial charge in [-0.05, 0) is 64.1 Å². The van der Waals surface area contributed by atoms with E-state index in [0.29, 0.717) is 22.5 Å². The third-order valence-corrected chi connectivity index (χ3v) is 6.51. The molecule has 1 aliphatic rings. The summed E-state index contributed by atoms with van der Waals surface area (Å²) in [5.74, 6) is -0.501. The summed E-state index contributed by atoms with van der Waals surface area (Å²) in [6, 6.07) is 10.4. The lowest BCUT2D eigenvalue weighted by Gasteiger charge is -2.38. The molecule has 8 nitrogen and oxygen atoms in total. The minimum Gasteiger partial charge on any atom is -0.494 e. The van der Waals surface area contributed by atoms with Crippen LogP contribution in [-0.4, -0.2) is 65.7 Å². The highest BCUT2D eigenvalue weighted by Gasteiger charge is 2.21. The standard InChI is InChI=1S/C27H34FN5O3/c1-17(2)29-25(34)16-33-26(19-6-8-22(28)24(14-19)36-5)30-23-9-7-20(15-21(23)27(33)35)32-12-10-31(11-13-32)18(3)4/h6-9,14-15,17-18H,10-13,16H2,1-5H3,(H,29,34). The first-order chi connectivity index (χ1) is 17.2. The van der Waals surface area contributed by atoms with Crippen LogP contribution in [0.15, 0.2) is 41.2 Å². The molecule has 1 aromatic heterocycles. The maximum atomic E-state index is 14.1. The molecule has 4 rings (SSSR count). The first-order valence-corrected chi connectivity index (χ1v) is 12.3. The van der Waals surface area contributed by atoms with E-state index in [2.05, 4.69) is 29.0 Å². The maximum absolute atomic E-state index is 14.1. The third-order valence-electron chi connectivity index (χ3n) is 6.51. The van der Waals surface area contributed by atoms with Crippen molar-refractivity contribution in [1.29, 1.82) is 0 Å². The molecule has 192 valence electrons. The van der Waals surface area contributed by atoms with Crippen LogP contribution in [0.3, 0.4) is 0 Å².